The second-order valence-electron chi connectivity index (χ2n) is 4.49. The van der Waals surface area contributed by atoms with Crippen LogP contribution in [-0.4, -0.2) is 0 Å². The Balaban J connectivity index is 1.88. The predicted molar refractivity (Wildman–Crippen MR) is 82.7 cm³/mol. The minimum absolute atomic E-state index is 0.151. The van der Waals surface area contributed by atoms with Crippen LogP contribution < -0.4 is 5.32 Å². The fourth-order valence-corrected chi connectivity index (χ4v) is 3.94. The van der Waals surface area contributed by atoms with E-state index in [1.165, 1.54) is 29.3 Å². The van der Waals surface area contributed by atoms with Crippen LogP contribution in [0.2, 0.25) is 0 Å². The zero-order chi connectivity index (χ0) is 12.5. The lowest BCUT2D eigenvalue weighted by molar-refractivity contribution is 0.602. The summed E-state index contributed by atoms with van der Waals surface area (Å²) in [6.45, 7) is 0. The Morgan fingerprint density at radius 3 is 3.11 bits per heavy atom. The summed E-state index contributed by atoms with van der Waals surface area (Å²) in [5.74, 6) is -0.151. The van der Waals surface area contributed by atoms with Crippen LogP contribution in [0, 0.1) is 9.39 Å². The molecule has 0 saturated carbocycles. The van der Waals surface area contributed by atoms with Gasteiger partial charge in [0.1, 0.15) is 5.82 Å². The average molecular weight is 373 g/mol. The Bertz CT molecular complexity index is 567. The Hall–Kier alpha value is -0.620. The Morgan fingerprint density at radius 2 is 2.22 bits per heavy atom. The minimum Gasteiger partial charge on any atom is -0.377 e. The molecule has 4 heteroatoms. The molecule has 2 aromatic rings. The van der Waals surface area contributed by atoms with Crippen LogP contribution in [0.1, 0.15) is 29.3 Å². The number of benzene rings is 1. The smallest absolute Gasteiger partial charge is 0.138 e. The Morgan fingerprint density at radius 1 is 1.33 bits per heavy atom. The highest BCUT2D eigenvalue weighted by molar-refractivity contribution is 14.1. The van der Waals surface area contributed by atoms with Gasteiger partial charge in [0.2, 0.25) is 0 Å². The highest BCUT2D eigenvalue weighted by atomic mass is 127. The minimum atomic E-state index is -0.151. The third kappa shape index (κ3) is 2.28. The number of anilines is 1. The van der Waals surface area contributed by atoms with Gasteiger partial charge in [0.15, 0.2) is 0 Å². The van der Waals surface area contributed by atoms with Crippen molar-refractivity contribution in [2.24, 2.45) is 0 Å². The molecule has 0 radical (unpaired) electrons. The van der Waals surface area contributed by atoms with Gasteiger partial charge >= 0.3 is 0 Å². The van der Waals surface area contributed by atoms with Crippen molar-refractivity contribution in [1.82, 2.24) is 0 Å². The number of rotatable bonds is 2. The van der Waals surface area contributed by atoms with Gasteiger partial charge in [-0.15, -0.1) is 11.3 Å². The summed E-state index contributed by atoms with van der Waals surface area (Å²) in [5, 5.41) is 5.65. The van der Waals surface area contributed by atoms with Crippen LogP contribution in [0.3, 0.4) is 0 Å². The summed E-state index contributed by atoms with van der Waals surface area (Å²) < 4.78 is 14.2. The quantitative estimate of drug-likeness (QED) is 0.732. The van der Waals surface area contributed by atoms with Crippen molar-refractivity contribution < 1.29 is 4.39 Å². The fourth-order valence-electron chi connectivity index (χ4n) is 2.44. The van der Waals surface area contributed by atoms with E-state index in [2.05, 4.69) is 39.4 Å². The second kappa shape index (κ2) is 5.17. The van der Waals surface area contributed by atoms with Gasteiger partial charge in [-0.2, -0.15) is 0 Å². The maximum atomic E-state index is 13.5. The first-order valence-corrected chi connectivity index (χ1v) is 7.98. The summed E-state index contributed by atoms with van der Waals surface area (Å²) in [6, 6.07) is 7.74. The number of fused-ring (bicyclic) bond motifs is 1. The van der Waals surface area contributed by atoms with Crippen molar-refractivity contribution in [3.05, 3.63) is 49.5 Å². The third-order valence-corrected chi connectivity index (χ3v) is 5.43. The highest BCUT2D eigenvalue weighted by Crippen LogP contribution is 2.36. The van der Waals surface area contributed by atoms with E-state index in [1.54, 1.807) is 6.07 Å². The fraction of sp³-hybridized carbons (Fsp3) is 0.286. The molecule has 94 valence electrons. The van der Waals surface area contributed by atoms with Gasteiger partial charge in [-0.05, 0) is 71.0 Å². The molecule has 0 fully saturated rings. The van der Waals surface area contributed by atoms with Gasteiger partial charge in [-0.3, -0.25) is 0 Å². The Kier molecular flexibility index (Phi) is 3.56. The lowest BCUT2D eigenvalue weighted by Crippen LogP contribution is -2.16. The molecule has 0 amide bonds. The zero-order valence-corrected chi connectivity index (χ0v) is 12.7. The van der Waals surface area contributed by atoms with E-state index >= 15 is 0 Å². The maximum Gasteiger partial charge on any atom is 0.138 e. The van der Waals surface area contributed by atoms with Crippen LogP contribution in [0.15, 0.2) is 29.6 Å². The van der Waals surface area contributed by atoms with E-state index in [-0.39, 0.29) is 5.82 Å². The number of hydrogen-bond acceptors (Lipinski definition) is 2. The van der Waals surface area contributed by atoms with Crippen LogP contribution in [0.25, 0.3) is 0 Å². The molecule has 1 N–H and O–H groups in total. The van der Waals surface area contributed by atoms with Crippen molar-refractivity contribution in [3.63, 3.8) is 0 Å². The molecule has 0 saturated heterocycles. The average Bonchev–Trinajstić information content (AvgIpc) is 2.84. The Labute approximate surface area is 124 Å². The highest BCUT2D eigenvalue weighted by Gasteiger charge is 2.21. The van der Waals surface area contributed by atoms with E-state index in [0.717, 1.165) is 12.1 Å². The van der Waals surface area contributed by atoms with Gasteiger partial charge in [0, 0.05) is 4.88 Å². The maximum absolute atomic E-state index is 13.5. The number of nitrogens with one attached hydrogen (secondary N) is 1. The molecular formula is C14H13FINS. The standard InChI is InChI=1S/C14H13FINS/c15-10-3-1-5-12(14(10)16)17-11-4-2-6-13-9(11)7-8-18-13/h1,3,5,7-8,11,17H,2,4,6H2. The first-order chi connectivity index (χ1) is 8.75. The molecule has 18 heavy (non-hydrogen) atoms. The molecule has 0 bridgehead atoms. The second-order valence-corrected chi connectivity index (χ2v) is 6.57. The van der Waals surface area contributed by atoms with Gasteiger partial charge < -0.3 is 5.32 Å². The summed E-state index contributed by atoms with van der Waals surface area (Å²) in [4.78, 5) is 1.48. The van der Waals surface area contributed by atoms with Crippen LogP contribution in [0.5, 0.6) is 0 Å². The normalized spacial score (nSPS) is 18.4. The van der Waals surface area contributed by atoms with Crippen LogP contribution >= 0.6 is 33.9 Å². The third-order valence-electron chi connectivity index (χ3n) is 3.33. The molecule has 3 rings (SSSR count). The summed E-state index contributed by atoms with van der Waals surface area (Å²) in [6.07, 6.45) is 3.51. The summed E-state index contributed by atoms with van der Waals surface area (Å²) >= 11 is 3.90. The molecular weight excluding hydrogens is 360 g/mol. The number of hydrogen-bond donors (Lipinski definition) is 1. The van der Waals surface area contributed by atoms with E-state index in [1.807, 2.05) is 17.4 Å². The van der Waals surface area contributed by atoms with Gasteiger partial charge in [0.25, 0.3) is 0 Å². The van der Waals surface area contributed by atoms with Crippen LogP contribution in [-0.2, 0) is 6.42 Å². The summed E-state index contributed by atoms with van der Waals surface area (Å²) in [7, 11) is 0. The SMILES string of the molecule is Fc1cccc(NC2CCCc3sccc32)c1I. The first-order valence-electron chi connectivity index (χ1n) is 6.02. The molecule has 1 nitrogen and oxygen atoms in total. The predicted octanol–water partition coefficient (Wildman–Crippen LogP) is 4.98. The molecule has 1 aliphatic carbocycles. The van der Waals surface area contributed by atoms with Crippen LogP contribution in [0.4, 0.5) is 10.1 Å². The monoisotopic (exact) mass is 373 g/mol. The number of aryl methyl sites for hydroxylation is 1. The summed E-state index contributed by atoms with van der Waals surface area (Å²) in [5.41, 5.74) is 2.30. The molecule has 1 aliphatic rings. The van der Waals surface area contributed by atoms with E-state index in [9.17, 15) is 4.39 Å². The molecule has 1 aromatic heterocycles. The van der Waals surface area contributed by atoms with Gasteiger partial charge in [0.05, 0.1) is 15.3 Å². The van der Waals surface area contributed by atoms with E-state index in [0.29, 0.717) is 9.61 Å². The molecule has 0 aliphatic heterocycles. The molecule has 1 heterocycles. The van der Waals surface area contributed by atoms with Crippen molar-refractivity contribution in [2.75, 3.05) is 5.32 Å². The molecule has 0 spiro atoms. The van der Waals surface area contributed by atoms with E-state index in [4.69, 9.17) is 0 Å². The van der Waals surface area contributed by atoms with Gasteiger partial charge in [-0.1, -0.05) is 6.07 Å². The number of thiophene rings is 1. The number of halogens is 2. The van der Waals surface area contributed by atoms with Gasteiger partial charge in [-0.25, -0.2) is 4.39 Å². The van der Waals surface area contributed by atoms with Crippen molar-refractivity contribution in [2.45, 2.75) is 25.3 Å². The zero-order valence-electron chi connectivity index (χ0n) is 9.75. The topological polar surface area (TPSA) is 12.0 Å². The van der Waals surface area contributed by atoms with Crippen molar-refractivity contribution in [3.8, 4) is 0 Å². The van der Waals surface area contributed by atoms with E-state index < -0.39 is 0 Å². The van der Waals surface area contributed by atoms with Crippen molar-refractivity contribution >= 4 is 39.6 Å². The lowest BCUT2D eigenvalue weighted by atomic mass is 9.94. The lowest BCUT2D eigenvalue weighted by Gasteiger charge is -2.25. The largest absolute Gasteiger partial charge is 0.377 e. The molecule has 1 atom stereocenters. The molecule has 1 aromatic carbocycles. The molecule has 1 unspecified atom stereocenters. The first kappa shape index (κ1) is 12.4. The van der Waals surface area contributed by atoms with Crippen molar-refractivity contribution in [1.29, 1.82) is 0 Å².